The van der Waals surface area contributed by atoms with Crippen LogP contribution in [0.1, 0.15) is 6.92 Å². The Morgan fingerprint density at radius 3 is 2.83 bits per heavy atom. The highest BCUT2D eigenvalue weighted by Crippen LogP contribution is 2.20. The van der Waals surface area contributed by atoms with Gasteiger partial charge >= 0.3 is 0 Å². The van der Waals surface area contributed by atoms with Crippen LogP contribution in [0.25, 0.3) is 11.0 Å². The summed E-state index contributed by atoms with van der Waals surface area (Å²) in [6.07, 6.45) is 3.80. The predicted octanol–water partition coefficient (Wildman–Crippen LogP) is 1.23. The molecule has 2 aromatic heterocycles. The molecule has 1 aliphatic heterocycles. The molecule has 1 N–H and O–H groups in total. The molecule has 0 bridgehead atoms. The van der Waals surface area contributed by atoms with Crippen molar-refractivity contribution in [3.05, 3.63) is 24.5 Å². The monoisotopic (exact) mass is 244 g/mol. The first kappa shape index (κ1) is 11.1. The molecule has 5 heteroatoms. The van der Waals surface area contributed by atoms with Gasteiger partial charge in [0.2, 0.25) is 5.91 Å². The van der Waals surface area contributed by atoms with Gasteiger partial charge in [0.15, 0.2) is 0 Å². The van der Waals surface area contributed by atoms with E-state index in [2.05, 4.69) is 20.9 Å². The number of nitrogens with zero attached hydrogens (tertiary/aromatic N) is 3. The van der Waals surface area contributed by atoms with Crippen LogP contribution in [-0.4, -0.2) is 47.0 Å². The van der Waals surface area contributed by atoms with E-state index in [9.17, 15) is 4.79 Å². The van der Waals surface area contributed by atoms with Gasteiger partial charge in [-0.15, -0.1) is 0 Å². The lowest BCUT2D eigenvalue weighted by Crippen LogP contribution is -2.48. The van der Waals surface area contributed by atoms with E-state index in [0.717, 1.165) is 42.9 Å². The number of aromatic amines is 1. The van der Waals surface area contributed by atoms with Gasteiger partial charge < -0.3 is 14.8 Å². The Morgan fingerprint density at radius 1 is 1.33 bits per heavy atom. The fourth-order valence-corrected chi connectivity index (χ4v) is 2.38. The van der Waals surface area contributed by atoms with Gasteiger partial charge in [-0.1, -0.05) is 0 Å². The largest absolute Gasteiger partial charge is 0.367 e. The van der Waals surface area contributed by atoms with Crippen molar-refractivity contribution in [1.29, 1.82) is 0 Å². The second-order valence-electron chi connectivity index (χ2n) is 4.60. The normalized spacial score (nSPS) is 16.3. The molecular formula is C13H16N4O. The van der Waals surface area contributed by atoms with Gasteiger partial charge in [0.05, 0.1) is 22.9 Å². The van der Waals surface area contributed by atoms with Crippen molar-refractivity contribution in [3.8, 4) is 0 Å². The Labute approximate surface area is 105 Å². The highest BCUT2D eigenvalue weighted by Gasteiger charge is 2.19. The Morgan fingerprint density at radius 2 is 2.11 bits per heavy atom. The molecule has 3 heterocycles. The minimum Gasteiger partial charge on any atom is -0.367 e. The number of nitrogens with one attached hydrogen (secondary N) is 1. The lowest BCUT2D eigenvalue weighted by atomic mass is 10.2. The van der Waals surface area contributed by atoms with Crippen LogP contribution in [0.3, 0.4) is 0 Å². The first-order chi connectivity index (χ1) is 8.74. The van der Waals surface area contributed by atoms with E-state index >= 15 is 0 Å². The molecule has 5 nitrogen and oxygen atoms in total. The summed E-state index contributed by atoms with van der Waals surface area (Å²) < 4.78 is 0. The van der Waals surface area contributed by atoms with E-state index in [0.29, 0.717) is 0 Å². The van der Waals surface area contributed by atoms with Crippen molar-refractivity contribution < 1.29 is 4.79 Å². The van der Waals surface area contributed by atoms with Gasteiger partial charge in [-0.3, -0.25) is 9.78 Å². The summed E-state index contributed by atoms with van der Waals surface area (Å²) >= 11 is 0. The number of carbonyl (C=O) groups is 1. The van der Waals surface area contributed by atoms with Gasteiger partial charge in [-0.05, 0) is 12.1 Å². The summed E-state index contributed by atoms with van der Waals surface area (Å²) in [5, 5.41) is 0. The molecule has 0 aliphatic carbocycles. The third kappa shape index (κ3) is 1.92. The third-order valence-corrected chi connectivity index (χ3v) is 3.47. The van der Waals surface area contributed by atoms with Gasteiger partial charge in [0, 0.05) is 39.3 Å². The lowest BCUT2D eigenvalue weighted by molar-refractivity contribution is -0.129. The summed E-state index contributed by atoms with van der Waals surface area (Å²) in [5.74, 6) is 0.160. The van der Waals surface area contributed by atoms with Gasteiger partial charge in [0.25, 0.3) is 0 Å². The highest BCUT2D eigenvalue weighted by atomic mass is 16.2. The molecule has 1 fully saturated rings. The number of aromatic nitrogens is 2. The molecular weight excluding hydrogens is 228 g/mol. The SMILES string of the molecule is CC(=O)N1CCN(c2cnc3cc[nH]c3c2)CC1. The molecule has 2 aromatic rings. The van der Waals surface area contributed by atoms with E-state index in [1.165, 1.54) is 0 Å². The number of H-pyrrole nitrogens is 1. The summed E-state index contributed by atoms with van der Waals surface area (Å²) in [7, 11) is 0. The Bertz CT molecular complexity index is 569. The Hall–Kier alpha value is -2.04. The van der Waals surface area contributed by atoms with Crippen LogP contribution in [-0.2, 0) is 4.79 Å². The minimum atomic E-state index is 0.160. The van der Waals surface area contributed by atoms with E-state index in [-0.39, 0.29) is 5.91 Å². The molecule has 0 saturated carbocycles. The molecule has 1 amide bonds. The molecule has 18 heavy (non-hydrogen) atoms. The maximum Gasteiger partial charge on any atom is 0.219 e. The second kappa shape index (κ2) is 4.33. The number of anilines is 1. The van der Waals surface area contributed by atoms with Crippen LogP contribution in [0.4, 0.5) is 5.69 Å². The van der Waals surface area contributed by atoms with Crippen LogP contribution in [0, 0.1) is 0 Å². The number of pyridine rings is 1. The number of carbonyl (C=O) groups excluding carboxylic acids is 1. The summed E-state index contributed by atoms with van der Waals surface area (Å²) in [6, 6.07) is 4.08. The summed E-state index contributed by atoms with van der Waals surface area (Å²) in [5.41, 5.74) is 3.16. The van der Waals surface area contributed by atoms with Crippen molar-refractivity contribution >= 4 is 22.6 Å². The number of rotatable bonds is 1. The quantitative estimate of drug-likeness (QED) is 0.821. The molecule has 0 unspecified atom stereocenters. The molecule has 0 atom stereocenters. The van der Waals surface area contributed by atoms with Crippen LogP contribution in [0.5, 0.6) is 0 Å². The third-order valence-electron chi connectivity index (χ3n) is 3.47. The standard InChI is InChI=1S/C13H16N4O/c1-10(18)16-4-6-17(7-5-16)11-8-13-12(15-9-11)2-3-14-13/h2-3,8-9,14H,4-7H2,1H3. The molecule has 3 rings (SSSR count). The maximum absolute atomic E-state index is 11.3. The number of hydrogen-bond donors (Lipinski definition) is 1. The van der Waals surface area contributed by atoms with Crippen LogP contribution in [0.2, 0.25) is 0 Å². The number of amides is 1. The smallest absolute Gasteiger partial charge is 0.219 e. The number of hydrogen-bond acceptors (Lipinski definition) is 3. The van der Waals surface area contributed by atoms with Crippen molar-refractivity contribution in [1.82, 2.24) is 14.9 Å². The molecule has 0 aromatic carbocycles. The summed E-state index contributed by atoms with van der Waals surface area (Å²) in [6.45, 7) is 4.94. The Balaban J connectivity index is 1.77. The number of piperazine rings is 1. The maximum atomic E-state index is 11.3. The fraction of sp³-hybridized carbons (Fsp3) is 0.385. The van der Waals surface area contributed by atoms with Crippen LogP contribution >= 0.6 is 0 Å². The van der Waals surface area contributed by atoms with Gasteiger partial charge in [0.1, 0.15) is 0 Å². The second-order valence-corrected chi connectivity index (χ2v) is 4.60. The average Bonchev–Trinajstić information content (AvgIpc) is 2.86. The zero-order valence-electron chi connectivity index (χ0n) is 10.4. The van der Waals surface area contributed by atoms with Crippen molar-refractivity contribution in [2.75, 3.05) is 31.1 Å². The van der Waals surface area contributed by atoms with E-state index < -0.39 is 0 Å². The molecule has 1 saturated heterocycles. The first-order valence-corrected chi connectivity index (χ1v) is 6.17. The Kier molecular flexibility index (Phi) is 2.66. The van der Waals surface area contributed by atoms with E-state index in [4.69, 9.17) is 0 Å². The van der Waals surface area contributed by atoms with Crippen molar-refractivity contribution in [2.45, 2.75) is 6.92 Å². The van der Waals surface area contributed by atoms with Crippen LogP contribution in [0.15, 0.2) is 24.5 Å². The average molecular weight is 244 g/mol. The van der Waals surface area contributed by atoms with Gasteiger partial charge in [-0.2, -0.15) is 0 Å². The molecule has 1 aliphatic rings. The predicted molar refractivity (Wildman–Crippen MR) is 70.6 cm³/mol. The molecule has 0 radical (unpaired) electrons. The molecule has 94 valence electrons. The zero-order chi connectivity index (χ0) is 12.5. The van der Waals surface area contributed by atoms with Crippen molar-refractivity contribution in [2.24, 2.45) is 0 Å². The lowest BCUT2D eigenvalue weighted by Gasteiger charge is -2.35. The van der Waals surface area contributed by atoms with E-state index in [1.54, 1.807) is 6.92 Å². The zero-order valence-corrected chi connectivity index (χ0v) is 10.4. The summed E-state index contributed by atoms with van der Waals surface area (Å²) in [4.78, 5) is 23.0. The van der Waals surface area contributed by atoms with Gasteiger partial charge in [-0.25, -0.2) is 0 Å². The van der Waals surface area contributed by atoms with E-state index in [1.807, 2.05) is 23.4 Å². The number of fused-ring (bicyclic) bond motifs is 1. The van der Waals surface area contributed by atoms with Crippen molar-refractivity contribution in [3.63, 3.8) is 0 Å². The molecule has 0 spiro atoms. The van der Waals surface area contributed by atoms with Crippen LogP contribution < -0.4 is 4.90 Å². The highest BCUT2D eigenvalue weighted by molar-refractivity contribution is 5.78. The fourth-order valence-electron chi connectivity index (χ4n) is 2.38. The minimum absolute atomic E-state index is 0.160. The topological polar surface area (TPSA) is 52.2 Å². The first-order valence-electron chi connectivity index (χ1n) is 6.17.